The van der Waals surface area contributed by atoms with Crippen molar-refractivity contribution in [3.05, 3.63) is 59.7 Å². The summed E-state index contributed by atoms with van der Waals surface area (Å²) in [5, 5.41) is 4.11. The van der Waals surface area contributed by atoms with Gasteiger partial charge in [-0.3, -0.25) is 4.79 Å². The van der Waals surface area contributed by atoms with E-state index >= 15 is 0 Å². The van der Waals surface area contributed by atoms with Crippen LogP contribution in [0.1, 0.15) is 44.2 Å². The van der Waals surface area contributed by atoms with Gasteiger partial charge in [-0.2, -0.15) is 5.10 Å². The summed E-state index contributed by atoms with van der Waals surface area (Å²) < 4.78 is 10.6. The molecule has 1 amide bonds. The molecule has 0 heterocycles. The summed E-state index contributed by atoms with van der Waals surface area (Å²) in [6, 6.07) is 15.3. The molecule has 2 rings (SSSR count). The zero-order valence-corrected chi connectivity index (χ0v) is 15.8. The van der Waals surface area contributed by atoms with E-state index in [4.69, 9.17) is 9.47 Å². The van der Waals surface area contributed by atoms with Gasteiger partial charge in [-0.05, 0) is 66.8 Å². The average molecular weight is 354 g/mol. The second kappa shape index (κ2) is 9.61. The Hall–Kier alpha value is -2.82. The number of ether oxygens (including phenoxy) is 2. The van der Waals surface area contributed by atoms with Crippen LogP contribution in [0, 0.1) is 0 Å². The Kier molecular flexibility index (Phi) is 7.21. The molecular formula is C21H26N2O3. The summed E-state index contributed by atoms with van der Waals surface area (Å²) in [5.41, 5.74) is 5.40. The molecule has 0 aromatic heterocycles. The van der Waals surface area contributed by atoms with Crippen molar-refractivity contribution in [2.45, 2.75) is 33.1 Å². The van der Waals surface area contributed by atoms with Crippen molar-refractivity contribution in [3.63, 3.8) is 0 Å². The molecule has 26 heavy (non-hydrogen) atoms. The number of rotatable bonds is 8. The number of carbonyl (C=O) groups is 1. The first-order chi connectivity index (χ1) is 12.5. The fraction of sp³-hybridized carbons (Fsp3) is 0.333. The Morgan fingerprint density at radius 1 is 1.08 bits per heavy atom. The van der Waals surface area contributed by atoms with Crippen molar-refractivity contribution >= 4 is 11.6 Å². The summed E-state index contributed by atoms with van der Waals surface area (Å²) in [4.78, 5) is 11.9. The Morgan fingerprint density at radius 3 is 2.27 bits per heavy atom. The fourth-order valence-corrected chi connectivity index (χ4v) is 2.35. The van der Waals surface area contributed by atoms with Gasteiger partial charge in [0.15, 0.2) is 6.61 Å². The number of hydrazone groups is 1. The molecule has 1 atom stereocenters. The summed E-state index contributed by atoms with van der Waals surface area (Å²) in [6.45, 7) is 6.10. The normalized spacial score (nSPS) is 12.4. The number of hydrogen-bond acceptors (Lipinski definition) is 4. The van der Waals surface area contributed by atoms with Gasteiger partial charge in [0.05, 0.1) is 12.8 Å². The molecule has 0 saturated heterocycles. The number of benzene rings is 2. The molecule has 2 aromatic carbocycles. The number of methoxy groups -OCH3 is 1. The minimum absolute atomic E-state index is 0.0813. The number of hydrogen-bond donors (Lipinski definition) is 1. The molecule has 0 saturated carbocycles. The lowest BCUT2D eigenvalue weighted by Crippen LogP contribution is -2.25. The molecular weight excluding hydrogens is 328 g/mol. The SMILES string of the molecule is CCC(C)c1ccc(OCC(=O)NN=C(C)c2ccc(OC)cc2)cc1. The van der Waals surface area contributed by atoms with E-state index in [1.165, 1.54) is 5.56 Å². The van der Waals surface area contributed by atoms with Crippen LogP contribution in [-0.2, 0) is 4.79 Å². The standard InChI is InChI=1S/C21H26N2O3/c1-5-15(2)17-6-12-20(13-7-17)26-14-21(24)23-22-16(3)18-8-10-19(25-4)11-9-18/h6-13,15H,5,14H2,1-4H3,(H,23,24). The predicted octanol–water partition coefficient (Wildman–Crippen LogP) is 4.13. The molecule has 5 nitrogen and oxygen atoms in total. The van der Waals surface area contributed by atoms with Crippen LogP contribution < -0.4 is 14.9 Å². The van der Waals surface area contributed by atoms with Gasteiger partial charge in [-0.1, -0.05) is 26.0 Å². The quantitative estimate of drug-likeness (QED) is 0.573. The number of amides is 1. The third-order valence-corrected chi connectivity index (χ3v) is 4.29. The van der Waals surface area contributed by atoms with Crippen LogP contribution in [0.2, 0.25) is 0 Å². The van der Waals surface area contributed by atoms with Crippen LogP contribution in [0.15, 0.2) is 53.6 Å². The van der Waals surface area contributed by atoms with Gasteiger partial charge in [0.25, 0.3) is 5.91 Å². The third-order valence-electron chi connectivity index (χ3n) is 4.29. The summed E-state index contributed by atoms with van der Waals surface area (Å²) in [5.74, 6) is 1.66. The van der Waals surface area contributed by atoms with Gasteiger partial charge >= 0.3 is 0 Å². The van der Waals surface area contributed by atoms with Gasteiger partial charge in [-0.25, -0.2) is 5.43 Å². The summed E-state index contributed by atoms with van der Waals surface area (Å²) in [7, 11) is 1.62. The summed E-state index contributed by atoms with van der Waals surface area (Å²) in [6.07, 6.45) is 1.09. The molecule has 0 aliphatic rings. The molecule has 1 unspecified atom stereocenters. The van der Waals surface area contributed by atoms with E-state index in [9.17, 15) is 4.79 Å². The molecule has 0 aliphatic heterocycles. The molecule has 138 valence electrons. The lowest BCUT2D eigenvalue weighted by molar-refractivity contribution is -0.123. The minimum Gasteiger partial charge on any atom is -0.497 e. The van der Waals surface area contributed by atoms with Crippen molar-refractivity contribution in [1.82, 2.24) is 5.43 Å². The van der Waals surface area contributed by atoms with Gasteiger partial charge in [0.1, 0.15) is 11.5 Å². The highest BCUT2D eigenvalue weighted by Gasteiger charge is 2.05. The number of carbonyl (C=O) groups excluding carboxylic acids is 1. The van der Waals surface area contributed by atoms with Crippen molar-refractivity contribution in [3.8, 4) is 11.5 Å². The van der Waals surface area contributed by atoms with Crippen LogP contribution in [0.5, 0.6) is 11.5 Å². The largest absolute Gasteiger partial charge is 0.497 e. The molecule has 0 fully saturated rings. The molecule has 0 radical (unpaired) electrons. The van der Waals surface area contributed by atoms with Crippen LogP contribution >= 0.6 is 0 Å². The van der Waals surface area contributed by atoms with Crippen molar-refractivity contribution in [2.75, 3.05) is 13.7 Å². The van der Waals surface area contributed by atoms with E-state index in [0.29, 0.717) is 17.4 Å². The highest BCUT2D eigenvalue weighted by molar-refractivity contribution is 5.99. The third kappa shape index (κ3) is 5.62. The van der Waals surface area contributed by atoms with Gasteiger partial charge in [0.2, 0.25) is 0 Å². The maximum Gasteiger partial charge on any atom is 0.277 e. The minimum atomic E-state index is -0.302. The highest BCUT2D eigenvalue weighted by Crippen LogP contribution is 2.21. The molecule has 2 aromatic rings. The Morgan fingerprint density at radius 2 is 1.69 bits per heavy atom. The van der Waals surface area contributed by atoms with Crippen LogP contribution in [0.3, 0.4) is 0 Å². The Labute approximate surface area is 155 Å². The zero-order chi connectivity index (χ0) is 18.9. The van der Waals surface area contributed by atoms with Crippen LogP contribution in [0.25, 0.3) is 0 Å². The lowest BCUT2D eigenvalue weighted by atomic mass is 9.99. The van der Waals surface area contributed by atoms with Gasteiger partial charge in [-0.15, -0.1) is 0 Å². The fourth-order valence-electron chi connectivity index (χ4n) is 2.35. The molecule has 1 N–H and O–H groups in total. The second-order valence-corrected chi connectivity index (χ2v) is 6.13. The molecule has 0 spiro atoms. The van der Waals surface area contributed by atoms with Crippen molar-refractivity contribution in [1.29, 1.82) is 0 Å². The predicted molar refractivity (Wildman–Crippen MR) is 104 cm³/mol. The van der Waals surface area contributed by atoms with Crippen molar-refractivity contribution < 1.29 is 14.3 Å². The van der Waals surface area contributed by atoms with E-state index in [0.717, 1.165) is 17.7 Å². The summed E-state index contributed by atoms with van der Waals surface area (Å²) >= 11 is 0. The first-order valence-electron chi connectivity index (χ1n) is 8.73. The van der Waals surface area contributed by atoms with Crippen LogP contribution in [-0.4, -0.2) is 25.3 Å². The van der Waals surface area contributed by atoms with E-state index in [2.05, 4.69) is 24.4 Å². The van der Waals surface area contributed by atoms with E-state index < -0.39 is 0 Å². The number of nitrogens with zero attached hydrogens (tertiary/aromatic N) is 1. The van der Waals surface area contributed by atoms with Gasteiger partial charge in [0, 0.05) is 0 Å². The average Bonchev–Trinajstić information content (AvgIpc) is 2.70. The lowest BCUT2D eigenvalue weighted by Gasteiger charge is -2.10. The maximum atomic E-state index is 11.9. The maximum absolute atomic E-state index is 11.9. The first-order valence-corrected chi connectivity index (χ1v) is 8.73. The van der Waals surface area contributed by atoms with E-state index in [1.807, 2.05) is 55.5 Å². The number of nitrogens with one attached hydrogen (secondary N) is 1. The monoisotopic (exact) mass is 354 g/mol. The Bertz CT molecular complexity index is 737. The second-order valence-electron chi connectivity index (χ2n) is 6.13. The van der Waals surface area contributed by atoms with E-state index in [-0.39, 0.29) is 12.5 Å². The van der Waals surface area contributed by atoms with Gasteiger partial charge < -0.3 is 9.47 Å². The topological polar surface area (TPSA) is 59.9 Å². The highest BCUT2D eigenvalue weighted by atomic mass is 16.5. The molecule has 5 heteroatoms. The molecule has 0 bridgehead atoms. The molecule has 0 aliphatic carbocycles. The zero-order valence-electron chi connectivity index (χ0n) is 15.8. The van der Waals surface area contributed by atoms with E-state index in [1.54, 1.807) is 7.11 Å². The smallest absolute Gasteiger partial charge is 0.277 e. The Balaban J connectivity index is 1.84. The van der Waals surface area contributed by atoms with Crippen LogP contribution in [0.4, 0.5) is 0 Å². The van der Waals surface area contributed by atoms with Crippen molar-refractivity contribution in [2.24, 2.45) is 5.10 Å². The first kappa shape index (κ1) is 19.5.